The van der Waals surface area contributed by atoms with Gasteiger partial charge in [-0.1, -0.05) is 23.2 Å². The van der Waals surface area contributed by atoms with Gasteiger partial charge in [0, 0.05) is 31.9 Å². The number of aromatic amines is 1. The summed E-state index contributed by atoms with van der Waals surface area (Å²) in [5.41, 5.74) is 1.49. The lowest BCUT2D eigenvalue weighted by Gasteiger charge is -2.03. The monoisotopic (exact) mass is 263 g/mol. The van der Waals surface area contributed by atoms with Crippen LogP contribution in [0.15, 0.2) is 41.2 Å². The summed E-state index contributed by atoms with van der Waals surface area (Å²) in [5, 5.41) is 2.24. The Morgan fingerprint density at radius 2 is 1.29 bits per heavy atom. The molecule has 0 radical (unpaired) electrons. The second-order valence-electron chi connectivity index (χ2n) is 3.83. The average molecular weight is 264 g/mol. The molecule has 0 saturated carbocycles. The van der Waals surface area contributed by atoms with Crippen LogP contribution >= 0.6 is 23.2 Å². The Morgan fingerprint density at radius 3 is 1.76 bits per heavy atom. The van der Waals surface area contributed by atoms with Gasteiger partial charge in [0.15, 0.2) is 5.43 Å². The molecule has 1 N–H and O–H groups in total. The molecule has 0 aliphatic rings. The maximum Gasteiger partial charge on any atom is 0.197 e. The van der Waals surface area contributed by atoms with Crippen molar-refractivity contribution in [1.82, 2.24) is 4.98 Å². The molecule has 17 heavy (non-hydrogen) atoms. The molecule has 0 fully saturated rings. The molecule has 0 aliphatic carbocycles. The van der Waals surface area contributed by atoms with E-state index in [2.05, 4.69) is 4.98 Å². The molecular formula is C13H7Cl2NO. The Hall–Kier alpha value is -1.51. The molecule has 0 bridgehead atoms. The molecule has 2 aromatic carbocycles. The highest BCUT2D eigenvalue weighted by Crippen LogP contribution is 2.20. The van der Waals surface area contributed by atoms with Crippen LogP contribution in [0.5, 0.6) is 0 Å². The summed E-state index contributed by atoms with van der Waals surface area (Å²) >= 11 is 11.8. The highest BCUT2D eigenvalue weighted by molar-refractivity contribution is 6.32. The maximum absolute atomic E-state index is 12.3. The van der Waals surface area contributed by atoms with Crippen molar-refractivity contribution in [3.8, 4) is 0 Å². The number of rotatable bonds is 0. The van der Waals surface area contributed by atoms with E-state index >= 15 is 0 Å². The normalized spacial score (nSPS) is 11.2. The second-order valence-corrected chi connectivity index (χ2v) is 4.71. The first-order valence-electron chi connectivity index (χ1n) is 5.06. The fraction of sp³-hybridized carbons (Fsp3) is 0. The minimum atomic E-state index is -0.0567. The lowest BCUT2D eigenvalue weighted by Crippen LogP contribution is -2.03. The average Bonchev–Trinajstić information content (AvgIpc) is 2.32. The first-order valence-corrected chi connectivity index (χ1v) is 5.81. The molecule has 1 heterocycles. The molecule has 1 aromatic heterocycles. The molecule has 0 atom stereocenters. The van der Waals surface area contributed by atoms with Gasteiger partial charge >= 0.3 is 0 Å². The highest BCUT2D eigenvalue weighted by Gasteiger charge is 2.06. The summed E-state index contributed by atoms with van der Waals surface area (Å²) in [6.07, 6.45) is 0. The van der Waals surface area contributed by atoms with Crippen molar-refractivity contribution >= 4 is 45.0 Å². The first-order chi connectivity index (χ1) is 8.15. The summed E-state index contributed by atoms with van der Waals surface area (Å²) in [5.74, 6) is 0. The number of aromatic nitrogens is 1. The van der Waals surface area contributed by atoms with E-state index in [1.807, 2.05) is 0 Å². The van der Waals surface area contributed by atoms with E-state index in [0.717, 1.165) is 11.0 Å². The molecule has 3 rings (SSSR count). The summed E-state index contributed by atoms with van der Waals surface area (Å²) in [6, 6.07) is 10.4. The standard InChI is InChI=1S/C13H7Cl2NO/c14-7-1-3-11-9(5-7)13(17)10-6-8(15)2-4-12(10)16-11/h1-6H,(H,16,17). The van der Waals surface area contributed by atoms with Crippen LogP contribution in [0.3, 0.4) is 0 Å². The molecule has 0 spiro atoms. The first kappa shape index (κ1) is 10.6. The van der Waals surface area contributed by atoms with Crippen LogP contribution in [-0.2, 0) is 0 Å². The van der Waals surface area contributed by atoms with Crippen LogP contribution in [0.1, 0.15) is 0 Å². The Balaban J connectivity index is 2.58. The Bertz CT molecular complexity index is 729. The van der Waals surface area contributed by atoms with E-state index in [1.54, 1.807) is 36.4 Å². The van der Waals surface area contributed by atoms with Gasteiger partial charge in [0.1, 0.15) is 0 Å². The summed E-state index contributed by atoms with van der Waals surface area (Å²) in [6.45, 7) is 0. The molecule has 0 aliphatic heterocycles. The molecule has 3 aromatic rings. The predicted octanol–water partition coefficient (Wildman–Crippen LogP) is 3.99. The smallest absolute Gasteiger partial charge is 0.197 e. The Morgan fingerprint density at radius 1 is 0.824 bits per heavy atom. The number of hydrogen-bond acceptors (Lipinski definition) is 1. The molecule has 2 nitrogen and oxygen atoms in total. The van der Waals surface area contributed by atoms with Gasteiger partial charge in [0.25, 0.3) is 0 Å². The van der Waals surface area contributed by atoms with Crippen molar-refractivity contribution < 1.29 is 0 Å². The van der Waals surface area contributed by atoms with E-state index in [9.17, 15) is 4.79 Å². The van der Waals surface area contributed by atoms with Crippen molar-refractivity contribution in [1.29, 1.82) is 0 Å². The number of benzene rings is 2. The summed E-state index contributed by atoms with van der Waals surface area (Å²) in [7, 11) is 0. The molecule has 84 valence electrons. The minimum absolute atomic E-state index is 0.0567. The number of hydrogen-bond donors (Lipinski definition) is 1. The quantitative estimate of drug-likeness (QED) is 0.612. The van der Waals surface area contributed by atoms with E-state index in [1.165, 1.54) is 0 Å². The zero-order chi connectivity index (χ0) is 12.0. The van der Waals surface area contributed by atoms with Gasteiger partial charge in [-0.05, 0) is 36.4 Å². The van der Waals surface area contributed by atoms with Gasteiger partial charge in [-0.15, -0.1) is 0 Å². The zero-order valence-electron chi connectivity index (χ0n) is 8.63. The SMILES string of the molecule is O=c1c2cc(Cl)ccc2[nH]c2ccc(Cl)cc12. The second kappa shape index (κ2) is 3.76. The zero-order valence-corrected chi connectivity index (χ0v) is 10.1. The van der Waals surface area contributed by atoms with Gasteiger partial charge < -0.3 is 4.98 Å². The van der Waals surface area contributed by atoms with Crippen molar-refractivity contribution in [2.24, 2.45) is 0 Å². The topological polar surface area (TPSA) is 32.9 Å². The maximum atomic E-state index is 12.3. The number of halogens is 2. The van der Waals surface area contributed by atoms with Gasteiger partial charge in [-0.2, -0.15) is 0 Å². The third-order valence-corrected chi connectivity index (χ3v) is 3.19. The van der Waals surface area contributed by atoms with Crippen LogP contribution in [0, 0.1) is 0 Å². The van der Waals surface area contributed by atoms with E-state index in [4.69, 9.17) is 23.2 Å². The minimum Gasteiger partial charge on any atom is -0.354 e. The lowest BCUT2D eigenvalue weighted by atomic mass is 10.1. The molecule has 0 saturated heterocycles. The van der Waals surface area contributed by atoms with Crippen molar-refractivity contribution in [3.05, 3.63) is 56.7 Å². The van der Waals surface area contributed by atoms with Gasteiger partial charge in [0.2, 0.25) is 0 Å². The number of fused-ring (bicyclic) bond motifs is 2. The largest absolute Gasteiger partial charge is 0.354 e. The third-order valence-electron chi connectivity index (χ3n) is 2.72. The van der Waals surface area contributed by atoms with Gasteiger partial charge in [-0.25, -0.2) is 0 Å². The third kappa shape index (κ3) is 1.70. The highest BCUT2D eigenvalue weighted by atomic mass is 35.5. The van der Waals surface area contributed by atoms with Gasteiger partial charge in [0.05, 0.1) is 0 Å². The number of nitrogens with one attached hydrogen (secondary N) is 1. The van der Waals surface area contributed by atoms with E-state index in [-0.39, 0.29) is 5.43 Å². The molecule has 0 unspecified atom stereocenters. The Kier molecular flexibility index (Phi) is 2.35. The molecular weight excluding hydrogens is 257 g/mol. The predicted molar refractivity (Wildman–Crippen MR) is 72.1 cm³/mol. The number of H-pyrrole nitrogens is 1. The summed E-state index contributed by atoms with van der Waals surface area (Å²) in [4.78, 5) is 15.4. The van der Waals surface area contributed by atoms with Crippen molar-refractivity contribution in [2.75, 3.05) is 0 Å². The van der Waals surface area contributed by atoms with Crippen LogP contribution in [0.25, 0.3) is 21.8 Å². The summed E-state index contributed by atoms with van der Waals surface area (Å²) < 4.78 is 0. The van der Waals surface area contributed by atoms with Crippen LogP contribution < -0.4 is 5.43 Å². The number of pyridine rings is 1. The van der Waals surface area contributed by atoms with Gasteiger partial charge in [-0.3, -0.25) is 4.79 Å². The van der Waals surface area contributed by atoms with E-state index in [0.29, 0.717) is 20.8 Å². The van der Waals surface area contributed by atoms with Crippen molar-refractivity contribution in [2.45, 2.75) is 0 Å². The van der Waals surface area contributed by atoms with Crippen LogP contribution in [0.4, 0.5) is 0 Å². The van der Waals surface area contributed by atoms with Crippen molar-refractivity contribution in [3.63, 3.8) is 0 Å². The molecule has 0 amide bonds. The van der Waals surface area contributed by atoms with Crippen LogP contribution in [-0.4, -0.2) is 4.98 Å². The van der Waals surface area contributed by atoms with E-state index < -0.39 is 0 Å². The lowest BCUT2D eigenvalue weighted by molar-refractivity contribution is 1.48. The van der Waals surface area contributed by atoms with Crippen LogP contribution in [0.2, 0.25) is 10.0 Å². The molecule has 4 heteroatoms. The fourth-order valence-electron chi connectivity index (χ4n) is 1.92. The Labute approximate surface area is 107 Å². The fourth-order valence-corrected chi connectivity index (χ4v) is 2.26.